The lowest BCUT2D eigenvalue weighted by atomic mass is 9.78. The van der Waals surface area contributed by atoms with Gasteiger partial charge < -0.3 is 9.47 Å². The molecule has 6 nitrogen and oxygen atoms in total. The lowest BCUT2D eigenvalue weighted by molar-refractivity contribution is 0.481. The van der Waals surface area contributed by atoms with Crippen LogP contribution in [0.3, 0.4) is 0 Å². The Kier molecular flexibility index (Phi) is 18.6. The minimum absolute atomic E-state index is 0.134. The highest BCUT2D eigenvalue weighted by Gasteiger charge is 2.23. The molecule has 0 atom stereocenters. The molecular weight excluding hydrogens is 789 g/mol. The maximum Gasteiger partial charge on any atom is 0.127 e. The molecule has 0 amide bonds. The molecule has 0 aliphatic heterocycles. The van der Waals surface area contributed by atoms with Crippen molar-refractivity contribution in [1.82, 2.24) is 19.9 Å². The van der Waals surface area contributed by atoms with E-state index in [-0.39, 0.29) is 5.41 Å². The topological polar surface area (TPSA) is 70.0 Å². The van der Waals surface area contributed by atoms with E-state index in [2.05, 4.69) is 147 Å². The van der Waals surface area contributed by atoms with Crippen LogP contribution in [-0.2, 0) is 5.41 Å². The van der Waals surface area contributed by atoms with Gasteiger partial charge in [-0.25, -0.2) is 0 Å². The molecule has 0 fully saturated rings. The summed E-state index contributed by atoms with van der Waals surface area (Å²) in [5.74, 6) is 3.37. The third-order valence-corrected chi connectivity index (χ3v) is 11.1. The van der Waals surface area contributed by atoms with E-state index in [0.29, 0.717) is 0 Å². The first-order chi connectivity index (χ1) is 29.0. The van der Waals surface area contributed by atoms with E-state index < -0.39 is 0 Å². The van der Waals surface area contributed by atoms with Crippen LogP contribution in [0.5, 0.6) is 23.0 Å². The van der Waals surface area contributed by atoms with Gasteiger partial charge in [0.05, 0.1) is 22.8 Å². The smallest absolute Gasteiger partial charge is 0.127 e. The standard InChI is InChI=1S/C29H28O2.2C6H8N2.2C6H8S/c1-21-5-13-25(14-6-21)30-27-17-9-23(10-18-27)29(3,4)24-11-19-28(20-12-24)31-26-15-7-22(2)8-16-26;1-5-3-8-6(2)4-7-5;1-5-3-7-4-6(2)8-5;1-5-3-6(2)7-4-5;1-5-3-4-6(2)7-5/h5-20H,1-4H3;2*3-4H,1-2H3;2*3-4H,1-2H3. The largest absolute Gasteiger partial charge is 0.457 e. The molecule has 8 heteroatoms. The minimum atomic E-state index is -0.134. The maximum atomic E-state index is 5.97. The molecule has 8 rings (SSSR count). The maximum absolute atomic E-state index is 5.97. The Balaban J connectivity index is 0.000000217. The van der Waals surface area contributed by atoms with Crippen LogP contribution in [0.15, 0.2) is 145 Å². The summed E-state index contributed by atoms with van der Waals surface area (Å²) in [4.78, 5) is 20.3. The van der Waals surface area contributed by atoms with Crippen molar-refractivity contribution >= 4 is 22.7 Å². The fourth-order valence-corrected chi connectivity index (χ4v) is 7.18. The van der Waals surface area contributed by atoms with Crippen molar-refractivity contribution in [2.45, 2.75) is 88.5 Å². The normalized spacial score (nSPS) is 10.3. The summed E-state index contributed by atoms with van der Waals surface area (Å²) in [6.45, 7) is 24.8. The Morgan fingerprint density at radius 3 is 1.03 bits per heavy atom. The Bertz CT molecular complexity index is 2270. The number of benzene rings is 4. The lowest BCUT2D eigenvalue weighted by Crippen LogP contribution is -2.18. The van der Waals surface area contributed by atoms with Gasteiger partial charge in [-0.3, -0.25) is 19.9 Å². The van der Waals surface area contributed by atoms with Crippen LogP contribution >= 0.6 is 22.7 Å². The van der Waals surface area contributed by atoms with Crippen molar-refractivity contribution in [2.24, 2.45) is 0 Å². The predicted octanol–water partition coefficient (Wildman–Crippen LogP) is 15.1. The number of ether oxygens (including phenoxy) is 2. The number of aromatic nitrogens is 4. The molecule has 4 aromatic carbocycles. The number of rotatable bonds is 6. The van der Waals surface area contributed by atoms with Gasteiger partial charge in [0.1, 0.15) is 23.0 Å². The average molecular weight is 849 g/mol. The van der Waals surface area contributed by atoms with Crippen molar-refractivity contribution in [2.75, 3.05) is 0 Å². The van der Waals surface area contributed by atoms with Gasteiger partial charge in [0.15, 0.2) is 0 Å². The van der Waals surface area contributed by atoms with E-state index in [0.717, 1.165) is 45.8 Å². The van der Waals surface area contributed by atoms with Crippen LogP contribution in [0.25, 0.3) is 0 Å². The first-order valence-electron chi connectivity index (χ1n) is 20.3. The van der Waals surface area contributed by atoms with Crippen LogP contribution in [0.4, 0.5) is 0 Å². The van der Waals surface area contributed by atoms with E-state index in [1.165, 1.54) is 42.4 Å². The Morgan fingerprint density at radius 2 is 0.787 bits per heavy atom. The number of hydrogen-bond donors (Lipinski definition) is 0. The van der Waals surface area contributed by atoms with Crippen LogP contribution in [0.2, 0.25) is 0 Å². The molecule has 0 aliphatic rings. The van der Waals surface area contributed by atoms with Gasteiger partial charge >= 0.3 is 0 Å². The van der Waals surface area contributed by atoms with Gasteiger partial charge in [0, 0.05) is 44.8 Å². The second-order valence-corrected chi connectivity index (χ2v) is 18.1. The Hall–Kier alpha value is -5.96. The van der Waals surface area contributed by atoms with Gasteiger partial charge in [-0.15, -0.1) is 22.7 Å². The van der Waals surface area contributed by atoms with E-state index in [1.54, 1.807) is 36.1 Å². The van der Waals surface area contributed by atoms with Crippen molar-refractivity contribution in [3.05, 3.63) is 211 Å². The fraction of sp³-hybridized carbons (Fsp3) is 0.245. The summed E-state index contributed by atoms with van der Waals surface area (Å²) in [7, 11) is 0. The number of aryl methyl sites for hydroxylation is 10. The summed E-state index contributed by atoms with van der Waals surface area (Å²) in [6.07, 6.45) is 7.00. The highest BCUT2D eigenvalue weighted by Crippen LogP contribution is 2.35. The SMILES string of the molecule is Cc1ccc(C)s1.Cc1ccc(Oc2ccc(C(C)(C)c3ccc(Oc4ccc(C)cc4)cc3)cc2)cc1.Cc1cnc(C)cn1.Cc1cncc(C)n1.Cc1csc(C)c1. The van der Waals surface area contributed by atoms with Gasteiger partial charge in [-0.1, -0.05) is 73.5 Å². The molecule has 0 unspecified atom stereocenters. The van der Waals surface area contributed by atoms with E-state index >= 15 is 0 Å². The Morgan fingerprint density at radius 1 is 0.410 bits per heavy atom. The molecule has 0 aliphatic carbocycles. The molecule has 61 heavy (non-hydrogen) atoms. The number of hydrogen-bond acceptors (Lipinski definition) is 8. The first-order valence-corrected chi connectivity index (χ1v) is 22.0. The highest BCUT2D eigenvalue weighted by molar-refractivity contribution is 7.11. The van der Waals surface area contributed by atoms with Gasteiger partial charge in [0.2, 0.25) is 0 Å². The predicted molar refractivity (Wildman–Crippen MR) is 258 cm³/mol. The van der Waals surface area contributed by atoms with Crippen molar-refractivity contribution in [3.8, 4) is 23.0 Å². The lowest BCUT2D eigenvalue weighted by Gasteiger charge is -2.26. The van der Waals surface area contributed by atoms with Gasteiger partial charge in [-0.05, 0) is 158 Å². The second kappa shape index (κ2) is 23.7. The van der Waals surface area contributed by atoms with Gasteiger partial charge in [-0.2, -0.15) is 0 Å². The van der Waals surface area contributed by atoms with Crippen LogP contribution in [-0.4, -0.2) is 19.9 Å². The molecule has 0 saturated heterocycles. The Labute approximate surface area is 372 Å². The first kappa shape index (κ1) is 47.7. The highest BCUT2D eigenvalue weighted by atomic mass is 32.1. The molecule has 0 radical (unpaired) electrons. The third kappa shape index (κ3) is 17.3. The summed E-state index contributed by atoms with van der Waals surface area (Å²) < 4.78 is 11.9. The summed E-state index contributed by atoms with van der Waals surface area (Å²) >= 11 is 3.65. The molecule has 4 heterocycles. The molecule has 0 spiro atoms. The molecule has 8 aromatic rings. The van der Waals surface area contributed by atoms with Crippen molar-refractivity contribution in [1.29, 1.82) is 0 Å². The zero-order chi connectivity index (χ0) is 44.4. The fourth-order valence-electron chi connectivity index (χ4n) is 5.71. The number of thiophene rings is 2. The van der Waals surface area contributed by atoms with Crippen LogP contribution < -0.4 is 9.47 Å². The zero-order valence-electron chi connectivity index (χ0n) is 37.8. The third-order valence-electron chi connectivity index (χ3n) is 9.19. The molecular formula is C53H60N4O2S2. The molecule has 0 bridgehead atoms. The molecule has 0 saturated carbocycles. The van der Waals surface area contributed by atoms with Crippen LogP contribution in [0, 0.1) is 69.2 Å². The summed E-state index contributed by atoms with van der Waals surface area (Å²) in [6, 6.07) is 39.3. The van der Waals surface area contributed by atoms with Gasteiger partial charge in [0.25, 0.3) is 0 Å². The molecule has 4 aromatic heterocycles. The van der Waals surface area contributed by atoms with E-state index in [9.17, 15) is 0 Å². The van der Waals surface area contributed by atoms with Crippen molar-refractivity contribution < 1.29 is 9.47 Å². The monoisotopic (exact) mass is 848 g/mol. The summed E-state index contributed by atoms with van der Waals surface area (Å²) in [5.41, 5.74) is 10.0. The van der Waals surface area contributed by atoms with E-state index in [1.807, 2.05) is 87.6 Å². The number of nitrogens with zero attached hydrogens (tertiary/aromatic N) is 4. The van der Waals surface area contributed by atoms with Crippen LogP contribution in [0.1, 0.15) is 79.1 Å². The van der Waals surface area contributed by atoms with Crippen molar-refractivity contribution in [3.63, 3.8) is 0 Å². The minimum Gasteiger partial charge on any atom is -0.457 e. The quantitative estimate of drug-likeness (QED) is 0.166. The molecule has 0 N–H and O–H groups in total. The second-order valence-electron chi connectivity index (χ2n) is 15.5. The summed E-state index contributed by atoms with van der Waals surface area (Å²) in [5, 5.41) is 2.16. The molecule has 316 valence electrons. The zero-order valence-corrected chi connectivity index (χ0v) is 39.4. The van der Waals surface area contributed by atoms with E-state index in [4.69, 9.17) is 9.47 Å². The average Bonchev–Trinajstić information content (AvgIpc) is 3.82.